The van der Waals surface area contributed by atoms with Gasteiger partial charge in [-0.05, 0) is 42.4 Å². The molecule has 0 bridgehead atoms. The fourth-order valence-corrected chi connectivity index (χ4v) is 2.82. The highest BCUT2D eigenvalue weighted by atomic mass is 16.3. The van der Waals surface area contributed by atoms with Crippen molar-refractivity contribution < 1.29 is 5.11 Å². The van der Waals surface area contributed by atoms with E-state index in [4.69, 9.17) is 5.11 Å². The molecular weight excluding hydrogens is 210 g/mol. The Balaban J connectivity index is 2.00. The molecule has 0 amide bonds. The third-order valence-electron chi connectivity index (χ3n) is 3.69. The molecule has 0 heterocycles. The van der Waals surface area contributed by atoms with E-state index in [1.165, 1.54) is 25.7 Å². The first kappa shape index (κ1) is 12.4. The molecule has 1 saturated carbocycles. The van der Waals surface area contributed by atoms with Crippen LogP contribution in [0, 0.1) is 5.41 Å². The molecule has 1 aliphatic carbocycles. The Labute approximate surface area is 104 Å². The van der Waals surface area contributed by atoms with Gasteiger partial charge in [-0.15, -0.1) is 0 Å². The van der Waals surface area contributed by atoms with Crippen LogP contribution in [-0.4, -0.2) is 11.1 Å². The summed E-state index contributed by atoms with van der Waals surface area (Å²) in [6, 6.07) is 8.66. The van der Waals surface area contributed by atoms with Crippen LogP contribution >= 0.6 is 0 Å². The van der Waals surface area contributed by atoms with Gasteiger partial charge < -0.3 is 10.4 Å². The maximum atomic E-state index is 9.12. The SMILES string of the molecule is CC1(C)CCCC(Nc2cccc(CO)c2)C1. The number of hydrogen-bond donors (Lipinski definition) is 2. The first-order valence-corrected chi connectivity index (χ1v) is 6.55. The molecule has 1 fully saturated rings. The molecule has 0 saturated heterocycles. The van der Waals surface area contributed by atoms with Crippen molar-refractivity contribution in [3.8, 4) is 0 Å². The molecule has 1 aromatic rings. The van der Waals surface area contributed by atoms with Crippen molar-refractivity contribution in [3.05, 3.63) is 29.8 Å². The minimum Gasteiger partial charge on any atom is -0.392 e. The van der Waals surface area contributed by atoms with E-state index in [0.29, 0.717) is 11.5 Å². The molecule has 17 heavy (non-hydrogen) atoms. The molecule has 1 aromatic carbocycles. The summed E-state index contributed by atoms with van der Waals surface area (Å²) in [6.45, 7) is 4.82. The Kier molecular flexibility index (Phi) is 3.72. The number of benzene rings is 1. The fourth-order valence-electron chi connectivity index (χ4n) is 2.82. The van der Waals surface area contributed by atoms with E-state index < -0.39 is 0 Å². The summed E-state index contributed by atoms with van der Waals surface area (Å²) in [7, 11) is 0. The van der Waals surface area contributed by atoms with Gasteiger partial charge in [-0.25, -0.2) is 0 Å². The lowest BCUT2D eigenvalue weighted by Gasteiger charge is -2.36. The summed E-state index contributed by atoms with van der Waals surface area (Å²) in [4.78, 5) is 0. The summed E-state index contributed by atoms with van der Waals surface area (Å²) < 4.78 is 0. The summed E-state index contributed by atoms with van der Waals surface area (Å²) >= 11 is 0. The lowest BCUT2D eigenvalue weighted by atomic mass is 9.75. The molecule has 0 spiro atoms. The summed E-state index contributed by atoms with van der Waals surface area (Å²) in [5, 5.41) is 12.7. The lowest BCUT2D eigenvalue weighted by molar-refractivity contribution is 0.229. The normalized spacial score (nSPS) is 23.4. The number of nitrogens with one attached hydrogen (secondary N) is 1. The number of aliphatic hydroxyl groups is 1. The van der Waals surface area contributed by atoms with Gasteiger partial charge in [0.15, 0.2) is 0 Å². The van der Waals surface area contributed by atoms with Crippen molar-refractivity contribution in [2.45, 2.75) is 52.2 Å². The van der Waals surface area contributed by atoms with Gasteiger partial charge in [0.05, 0.1) is 6.61 Å². The summed E-state index contributed by atoms with van der Waals surface area (Å²) in [5.74, 6) is 0. The fraction of sp³-hybridized carbons (Fsp3) is 0.600. The molecule has 1 atom stereocenters. The van der Waals surface area contributed by atoms with Gasteiger partial charge >= 0.3 is 0 Å². The lowest BCUT2D eigenvalue weighted by Crippen LogP contribution is -2.31. The number of anilines is 1. The third kappa shape index (κ3) is 3.47. The smallest absolute Gasteiger partial charge is 0.0682 e. The largest absolute Gasteiger partial charge is 0.392 e. The standard InChI is InChI=1S/C15H23NO/c1-15(2)8-4-7-14(10-15)16-13-6-3-5-12(9-13)11-17/h3,5-6,9,14,16-17H,4,7-8,10-11H2,1-2H3. The van der Waals surface area contributed by atoms with Crippen LogP contribution in [-0.2, 0) is 6.61 Å². The molecule has 0 aliphatic heterocycles. The Morgan fingerprint density at radius 2 is 2.24 bits per heavy atom. The van der Waals surface area contributed by atoms with E-state index in [9.17, 15) is 0 Å². The number of rotatable bonds is 3. The van der Waals surface area contributed by atoms with Crippen LogP contribution < -0.4 is 5.32 Å². The average molecular weight is 233 g/mol. The van der Waals surface area contributed by atoms with E-state index in [-0.39, 0.29) is 6.61 Å². The van der Waals surface area contributed by atoms with Gasteiger partial charge in [-0.3, -0.25) is 0 Å². The molecular formula is C15H23NO. The second kappa shape index (κ2) is 5.09. The van der Waals surface area contributed by atoms with Crippen molar-refractivity contribution in [3.63, 3.8) is 0 Å². The zero-order valence-corrected chi connectivity index (χ0v) is 10.9. The molecule has 1 unspecified atom stereocenters. The average Bonchev–Trinajstić information content (AvgIpc) is 2.28. The zero-order chi connectivity index (χ0) is 12.3. The van der Waals surface area contributed by atoms with Gasteiger partial charge in [0.1, 0.15) is 0 Å². The van der Waals surface area contributed by atoms with Crippen molar-refractivity contribution in [2.24, 2.45) is 5.41 Å². The first-order valence-electron chi connectivity index (χ1n) is 6.55. The van der Waals surface area contributed by atoms with Crippen LogP contribution in [0.25, 0.3) is 0 Å². The van der Waals surface area contributed by atoms with E-state index in [1.54, 1.807) is 0 Å². The Morgan fingerprint density at radius 3 is 2.94 bits per heavy atom. The van der Waals surface area contributed by atoms with E-state index in [0.717, 1.165) is 11.3 Å². The highest BCUT2D eigenvalue weighted by molar-refractivity contribution is 5.46. The first-order chi connectivity index (χ1) is 8.09. The summed E-state index contributed by atoms with van der Waals surface area (Å²) in [5.41, 5.74) is 2.58. The highest BCUT2D eigenvalue weighted by Gasteiger charge is 2.27. The predicted octanol–water partition coefficient (Wildman–Crippen LogP) is 3.56. The van der Waals surface area contributed by atoms with Gasteiger partial charge in [0.2, 0.25) is 0 Å². The molecule has 1 aliphatic rings. The minimum atomic E-state index is 0.117. The van der Waals surface area contributed by atoms with Gasteiger partial charge in [0.25, 0.3) is 0 Å². The van der Waals surface area contributed by atoms with Crippen LogP contribution in [0.5, 0.6) is 0 Å². The third-order valence-corrected chi connectivity index (χ3v) is 3.69. The van der Waals surface area contributed by atoms with Crippen LogP contribution in [0.15, 0.2) is 24.3 Å². The van der Waals surface area contributed by atoms with Crippen LogP contribution in [0.3, 0.4) is 0 Å². The maximum Gasteiger partial charge on any atom is 0.0682 e. The molecule has 0 radical (unpaired) electrons. The Bertz CT molecular complexity index is 373. The van der Waals surface area contributed by atoms with E-state index in [2.05, 4.69) is 25.2 Å². The minimum absolute atomic E-state index is 0.117. The molecule has 2 nitrogen and oxygen atoms in total. The number of aliphatic hydroxyl groups excluding tert-OH is 1. The van der Waals surface area contributed by atoms with Gasteiger partial charge in [-0.1, -0.05) is 32.4 Å². The Hall–Kier alpha value is -1.02. The van der Waals surface area contributed by atoms with Crippen molar-refractivity contribution in [1.29, 1.82) is 0 Å². The molecule has 94 valence electrons. The van der Waals surface area contributed by atoms with Crippen LogP contribution in [0.4, 0.5) is 5.69 Å². The summed E-state index contributed by atoms with van der Waals surface area (Å²) in [6.07, 6.45) is 5.13. The maximum absolute atomic E-state index is 9.12. The van der Waals surface area contributed by atoms with E-state index >= 15 is 0 Å². The second-order valence-electron chi connectivity index (χ2n) is 5.96. The topological polar surface area (TPSA) is 32.3 Å². The van der Waals surface area contributed by atoms with Crippen molar-refractivity contribution >= 4 is 5.69 Å². The van der Waals surface area contributed by atoms with Gasteiger partial charge in [0, 0.05) is 11.7 Å². The van der Waals surface area contributed by atoms with Gasteiger partial charge in [-0.2, -0.15) is 0 Å². The zero-order valence-electron chi connectivity index (χ0n) is 10.9. The Morgan fingerprint density at radius 1 is 1.41 bits per heavy atom. The monoisotopic (exact) mass is 233 g/mol. The molecule has 0 aromatic heterocycles. The molecule has 2 heteroatoms. The molecule has 2 rings (SSSR count). The molecule has 2 N–H and O–H groups in total. The van der Waals surface area contributed by atoms with Crippen molar-refractivity contribution in [1.82, 2.24) is 0 Å². The van der Waals surface area contributed by atoms with Crippen molar-refractivity contribution in [2.75, 3.05) is 5.32 Å². The quantitative estimate of drug-likeness (QED) is 0.836. The van der Waals surface area contributed by atoms with E-state index in [1.807, 2.05) is 18.2 Å². The predicted molar refractivity (Wildman–Crippen MR) is 72.0 cm³/mol. The second-order valence-corrected chi connectivity index (χ2v) is 5.96. The van der Waals surface area contributed by atoms with Crippen LogP contribution in [0.1, 0.15) is 45.1 Å². The highest BCUT2D eigenvalue weighted by Crippen LogP contribution is 2.36. The number of hydrogen-bond acceptors (Lipinski definition) is 2. The van der Waals surface area contributed by atoms with Crippen LogP contribution in [0.2, 0.25) is 0 Å².